The molecule has 0 radical (unpaired) electrons. The van der Waals surface area contributed by atoms with Crippen LogP contribution in [0.1, 0.15) is 24.8 Å². The van der Waals surface area contributed by atoms with Crippen molar-refractivity contribution in [3.63, 3.8) is 0 Å². The summed E-state index contributed by atoms with van der Waals surface area (Å²) in [6.45, 7) is 1.90. The Hall–Kier alpha value is -0.640. The number of hydrogen-bond acceptors (Lipinski definition) is 2. The van der Waals surface area contributed by atoms with Gasteiger partial charge in [0.15, 0.2) is 0 Å². The molecule has 1 aromatic carbocycles. The minimum absolute atomic E-state index is 0.0989. The van der Waals surface area contributed by atoms with Crippen LogP contribution in [0.3, 0.4) is 0 Å². The average molecular weight is 256 g/mol. The van der Waals surface area contributed by atoms with Gasteiger partial charge in [-0.3, -0.25) is 4.90 Å². The highest BCUT2D eigenvalue weighted by molar-refractivity contribution is 6.31. The van der Waals surface area contributed by atoms with E-state index in [2.05, 4.69) is 4.90 Å². The first-order chi connectivity index (χ1) is 8.11. The van der Waals surface area contributed by atoms with Crippen LogP contribution in [0.4, 0.5) is 4.39 Å². The largest absolute Gasteiger partial charge is 0.383 e. The molecular weight excluding hydrogens is 241 g/mol. The van der Waals surface area contributed by atoms with Gasteiger partial charge in [0.05, 0.1) is 0 Å². The molecule has 0 bridgehead atoms. The van der Waals surface area contributed by atoms with Gasteiger partial charge in [-0.2, -0.15) is 0 Å². The molecule has 2 heterocycles. The lowest BCUT2D eigenvalue weighted by Crippen LogP contribution is -2.39. The maximum Gasteiger partial charge on any atom is 0.123 e. The normalized spacial score (nSPS) is 33.0. The van der Waals surface area contributed by atoms with E-state index in [0.717, 1.165) is 25.9 Å². The standard InChI is InChI=1S/C13H15ClFNO/c14-11-4-3-9(15)8-10(11)13(17)5-7-16-6-1-2-12(13)16/h3-4,8,12,17H,1-2,5-7H2. The number of rotatable bonds is 1. The van der Waals surface area contributed by atoms with Crippen molar-refractivity contribution >= 4 is 11.6 Å². The van der Waals surface area contributed by atoms with Gasteiger partial charge < -0.3 is 5.11 Å². The fraction of sp³-hybridized carbons (Fsp3) is 0.538. The lowest BCUT2D eigenvalue weighted by atomic mass is 9.85. The number of hydrogen-bond donors (Lipinski definition) is 1. The first kappa shape index (κ1) is 11.5. The summed E-state index contributed by atoms with van der Waals surface area (Å²) in [5.41, 5.74) is -0.427. The van der Waals surface area contributed by atoms with E-state index in [1.807, 2.05) is 0 Å². The number of fused-ring (bicyclic) bond motifs is 1. The Kier molecular flexibility index (Phi) is 2.65. The summed E-state index contributed by atoms with van der Waals surface area (Å²) in [6.07, 6.45) is 2.70. The minimum Gasteiger partial charge on any atom is -0.383 e. The molecule has 2 fully saturated rings. The summed E-state index contributed by atoms with van der Waals surface area (Å²) in [4.78, 5) is 2.28. The summed E-state index contributed by atoms with van der Waals surface area (Å²) >= 11 is 6.11. The first-order valence-electron chi connectivity index (χ1n) is 6.03. The molecule has 1 aromatic rings. The predicted octanol–water partition coefficient (Wildman–Crippen LogP) is 2.53. The molecule has 2 aliphatic rings. The molecule has 0 aliphatic carbocycles. The van der Waals surface area contributed by atoms with Gasteiger partial charge in [-0.15, -0.1) is 0 Å². The quantitative estimate of drug-likeness (QED) is 0.834. The Morgan fingerprint density at radius 2 is 2.24 bits per heavy atom. The zero-order valence-corrected chi connectivity index (χ0v) is 10.3. The molecule has 2 nitrogen and oxygen atoms in total. The molecule has 4 heteroatoms. The van der Waals surface area contributed by atoms with E-state index in [0.29, 0.717) is 17.0 Å². The van der Waals surface area contributed by atoms with E-state index >= 15 is 0 Å². The van der Waals surface area contributed by atoms with Crippen LogP contribution in [0.25, 0.3) is 0 Å². The van der Waals surface area contributed by atoms with Crippen molar-refractivity contribution in [2.24, 2.45) is 0 Å². The smallest absolute Gasteiger partial charge is 0.123 e. The van der Waals surface area contributed by atoms with Gasteiger partial charge in [-0.25, -0.2) is 4.39 Å². The Bertz CT molecular complexity index is 453. The molecule has 0 aromatic heterocycles. The number of benzene rings is 1. The summed E-state index contributed by atoms with van der Waals surface area (Å²) in [5, 5.41) is 11.3. The second-order valence-electron chi connectivity index (χ2n) is 4.99. The number of nitrogens with zero attached hydrogens (tertiary/aromatic N) is 1. The van der Waals surface area contributed by atoms with Crippen molar-refractivity contribution in [2.75, 3.05) is 13.1 Å². The number of halogens is 2. The minimum atomic E-state index is -0.977. The molecule has 1 N–H and O–H groups in total. The molecule has 0 amide bonds. The third kappa shape index (κ3) is 1.68. The second-order valence-corrected chi connectivity index (χ2v) is 5.40. The highest BCUT2D eigenvalue weighted by Crippen LogP contribution is 2.45. The SMILES string of the molecule is OC1(c2cc(F)ccc2Cl)CCN2CCCC21. The van der Waals surface area contributed by atoms with Crippen molar-refractivity contribution < 1.29 is 9.50 Å². The zero-order valence-electron chi connectivity index (χ0n) is 9.50. The average Bonchev–Trinajstić information content (AvgIpc) is 2.87. The first-order valence-corrected chi connectivity index (χ1v) is 6.41. The molecule has 3 rings (SSSR count). The lowest BCUT2D eigenvalue weighted by molar-refractivity contribution is 0.00922. The van der Waals surface area contributed by atoms with Gasteiger partial charge in [0.1, 0.15) is 11.4 Å². The van der Waals surface area contributed by atoms with Crippen LogP contribution >= 0.6 is 11.6 Å². The number of aliphatic hydroxyl groups is 1. The molecule has 0 saturated carbocycles. The van der Waals surface area contributed by atoms with E-state index in [-0.39, 0.29) is 11.9 Å². The van der Waals surface area contributed by atoms with Crippen LogP contribution < -0.4 is 0 Å². The summed E-state index contributed by atoms with van der Waals surface area (Å²) in [5.74, 6) is -0.339. The van der Waals surface area contributed by atoms with E-state index < -0.39 is 5.60 Å². The van der Waals surface area contributed by atoms with Gasteiger partial charge in [0.2, 0.25) is 0 Å². The third-order valence-corrected chi connectivity index (χ3v) is 4.42. The second kappa shape index (κ2) is 3.94. The van der Waals surface area contributed by atoms with E-state index in [9.17, 15) is 9.50 Å². The Labute approximate surface area is 105 Å². The Morgan fingerprint density at radius 3 is 3.06 bits per heavy atom. The van der Waals surface area contributed by atoms with Crippen molar-refractivity contribution in [3.05, 3.63) is 34.6 Å². The van der Waals surface area contributed by atoms with Gasteiger partial charge in [0.25, 0.3) is 0 Å². The van der Waals surface area contributed by atoms with Gasteiger partial charge in [0, 0.05) is 23.2 Å². The molecule has 2 atom stereocenters. The topological polar surface area (TPSA) is 23.5 Å². The highest BCUT2D eigenvalue weighted by Gasteiger charge is 2.49. The molecule has 2 unspecified atom stereocenters. The fourth-order valence-electron chi connectivity index (χ4n) is 3.26. The fourth-order valence-corrected chi connectivity index (χ4v) is 3.54. The Morgan fingerprint density at radius 1 is 1.41 bits per heavy atom. The van der Waals surface area contributed by atoms with Crippen LogP contribution in [0.2, 0.25) is 5.02 Å². The monoisotopic (exact) mass is 255 g/mol. The third-order valence-electron chi connectivity index (χ3n) is 4.09. The predicted molar refractivity (Wildman–Crippen MR) is 64.5 cm³/mol. The van der Waals surface area contributed by atoms with E-state index in [1.54, 1.807) is 0 Å². The molecule has 17 heavy (non-hydrogen) atoms. The van der Waals surface area contributed by atoms with Crippen molar-refractivity contribution in [1.29, 1.82) is 0 Å². The summed E-state index contributed by atoms with van der Waals surface area (Å²) in [6, 6.07) is 4.34. The van der Waals surface area contributed by atoms with E-state index in [4.69, 9.17) is 11.6 Å². The van der Waals surface area contributed by atoms with Gasteiger partial charge in [-0.05, 0) is 44.0 Å². The summed E-state index contributed by atoms with van der Waals surface area (Å²) in [7, 11) is 0. The summed E-state index contributed by atoms with van der Waals surface area (Å²) < 4.78 is 13.3. The van der Waals surface area contributed by atoms with E-state index in [1.165, 1.54) is 18.2 Å². The van der Waals surface area contributed by atoms with Crippen LogP contribution in [0, 0.1) is 5.82 Å². The van der Waals surface area contributed by atoms with Crippen LogP contribution in [0.5, 0.6) is 0 Å². The van der Waals surface area contributed by atoms with Crippen molar-refractivity contribution in [1.82, 2.24) is 4.90 Å². The maximum absolute atomic E-state index is 13.3. The van der Waals surface area contributed by atoms with Crippen LogP contribution in [0.15, 0.2) is 18.2 Å². The Balaban J connectivity index is 2.05. The lowest BCUT2D eigenvalue weighted by Gasteiger charge is -2.31. The van der Waals surface area contributed by atoms with Gasteiger partial charge in [-0.1, -0.05) is 11.6 Å². The maximum atomic E-state index is 13.3. The molecule has 2 aliphatic heterocycles. The highest BCUT2D eigenvalue weighted by atomic mass is 35.5. The molecule has 92 valence electrons. The van der Waals surface area contributed by atoms with Crippen LogP contribution in [-0.2, 0) is 5.60 Å². The molecular formula is C13H15ClFNO. The van der Waals surface area contributed by atoms with Gasteiger partial charge >= 0.3 is 0 Å². The zero-order chi connectivity index (χ0) is 12.0. The molecule has 0 spiro atoms. The van der Waals surface area contributed by atoms with Crippen molar-refractivity contribution in [3.8, 4) is 0 Å². The van der Waals surface area contributed by atoms with Crippen LogP contribution in [-0.4, -0.2) is 29.1 Å². The molecule has 2 saturated heterocycles. The van der Waals surface area contributed by atoms with Crippen molar-refractivity contribution in [2.45, 2.75) is 30.9 Å².